The summed E-state index contributed by atoms with van der Waals surface area (Å²) in [5.41, 5.74) is 5.10. The van der Waals surface area contributed by atoms with Crippen molar-refractivity contribution in [3.05, 3.63) is 57.4 Å². The molecule has 1 aromatic carbocycles. The molecule has 21 heavy (non-hydrogen) atoms. The highest BCUT2D eigenvalue weighted by atomic mass is 16.1. The van der Waals surface area contributed by atoms with Crippen LogP contribution in [0.15, 0.2) is 35.1 Å². The van der Waals surface area contributed by atoms with Gasteiger partial charge < -0.3 is 4.57 Å². The van der Waals surface area contributed by atoms with Crippen LogP contribution in [0.3, 0.4) is 0 Å². The molecule has 0 N–H and O–H groups in total. The van der Waals surface area contributed by atoms with Gasteiger partial charge in [-0.15, -0.1) is 0 Å². The van der Waals surface area contributed by atoms with Crippen molar-refractivity contribution in [2.24, 2.45) is 0 Å². The van der Waals surface area contributed by atoms with Crippen LogP contribution < -0.4 is 5.56 Å². The molecule has 106 valence electrons. The van der Waals surface area contributed by atoms with Crippen LogP contribution in [-0.4, -0.2) is 4.57 Å². The molecule has 0 spiro atoms. The molecule has 0 atom stereocenters. The van der Waals surface area contributed by atoms with E-state index >= 15 is 0 Å². The first-order valence-corrected chi connectivity index (χ1v) is 7.31. The predicted molar refractivity (Wildman–Crippen MR) is 83.2 cm³/mol. The highest BCUT2D eigenvalue weighted by Gasteiger charge is 2.27. The van der Waals surface area contributed by atoms with Gasteiger partial charge in [0, 0.05) is 11.6 Å². The maximum absolute atomic E-state index is 12.6. The number of nitriles is 1. The minimum absolute atomic E-state index is 0.00484. The molecule has 1 heterocycles. The van der Waals surface area contributed by atoms with Gasteiger partial charge in [-0.25, -0.2) is 0 Å². The third kappa shape index (κ3) is 2.50. The SMILES string of the molecule is Cc1ccc(-c2ccc(CC#N)c(=O)n2C2CC2)cc1C. The second-order valence-electron chi connectivity index (χ2n) is 5.78. The Hall–Kier alpha value is -2.34. The van der Waals surface area contributed by atoms with E-state index in [-0.39, 0.29) is 12.0 Å². The molecule has 0 bridgehead atoms. The van der Waals surface area contributed by atoms with Crippen LogP contribution in [0.5, 0.6) is 0 Å². The summed E-state index contributed by atoms with van der Waals surface area (Å²) in [7, 11) is 0. The van der Waals surface area contributed by atoms with E-state index in [1.807, 2.05) is 10.6 Å². The number of nitrogens with zero attached hydrogens (tertiary/aromatic N) is 2. The minimum Gasteiger partial charge on any atom is -0.305 e. The van der Waals surface area contributed by atoms with Gasteiger partial charge in [0.15, 0.2) is 0 Å². The van der Waals surface area contributed by atoms with E-state index < -0.39 is 0 Å². The lowest BCUT2D eigenvalue weighted by Crippen LogP contribution is -2.24. The number of aromatic nitrogens is 1. The van der Waals surface area contributed by atoms with Gasteiger partial charge >= 0.3 is 0 Å². The molecule has 1 aromatic heterocycles. The number of hydrogen-bond donors (Lipinski definition) is 0. The van der Waals surface area contributed by atoms with Crippen molar-refractivity contribution in [1.82, 2.24) is 4.57 Å². The Balaban J connectivity index is 2.18. The van der Waals surface area contributed by atoms with E-state index in [9.17, 15) is 4.79 Å². The first-order valence-electron chi connectivity index (χ1n) is 7.31. The van der Waals surface area contributed by atoms with Gasteiger partial charge in [-0.3, -0.25) is 4.79 Å². The monoisotopic (exact) mass is 278 g/mol. The fourth-order valence-corrected chi connectivity index (χ4v) is 2.65. The summed E-state index contributed by atoms with van der Waals surface area (Å²) in [6, 6.07) is 12.5. The molecule has 0 saturated heterocycles. The Morgan fingerprint density at radius 3 is 2.57 bits per heavy atom. The second kappa shape index (κ2) is 5.21. The second-order valence-corrected chi connectivity index (χ2v) is 5.78. The largest absolute Gasteiger partial charge is 0.305 e. The third-order valence-corrected chi connectivity index (χ3v) is 4.18. The van der Waals surface area contributed by atoms with Crippen LogP contribution in [0.2, 0.25) is 0 Å². The van der Waals surface area contributed by atoms with Gasteiger partial charge in [0.2, 0.25) is 0 Å². The molecule has 3 rings (SSSR count). The first kappa shape index (κ1) is 13.6. The minimum atomic E-state index is -0.00484. The predicted octanol–water partition coefficient (Wildman–Crippen LogP) is 3.53. The summed E-state index contributed by atoms with van der Waals surface area (Å²) < 4.78 is 1.89. The molecule has 3 heteroatoms. The van der Waals surface area contributed by atoms with Crippen LogP contribution >= 0.6 is 0 Å². The average Bonchev–Trinajstić information content (AvgIpc) is 3.28. The Morgan fingerprint density at radius 1 is 1.19 bits per heavy atom. The van der Waals surface area contributed by atoms with Gasteiger partial charge in [0.05, 0.1) is 18.2 Å². The maximum atomic E-state index is 12.6. The van der Waals surface area contributed by atoms with E-state index in [4.69, 9.17) is 5.26 Å². The van der Waals surface area contributed by atoms with E-state index in [0.29, 0.717) is 11.6 Å². The van der Waals surface area contributed by atoms with Crippen molar-refractivity contribution in [2.45, 2.75) is 39.2 Å². The molecule has 0 aliphatic heterocycles. The number of rotatable bonds is 3. The van der Waals surface area contributed by atoms with Gasteiger partial charge in [-0.1, -0.05) is 18.2 Å². The molecule has 2 aromatic rings. The van der Waals surface area contributed by atoms with Crippen molar-refractivity contribution in [2.75, 3.05) is 0 Å². The quantitative estimate of drug-likeness (QED) is 0.862. The Kier molecular flexibility index (Phi) is 3.39. The van der Waals surface area contributed by atoms with Crippen molar-refractivity contribution in [1.29, 1.82) is 5.26 Å². The van der Waals surface area contributed by atoms with Crippen molar-refractivity contribution >= 4 is 0 Å². The van der Waals surface area contributed by atoms with E-state index in [2.05, 4.69) is 38.1 Å². The molecule has 0 radical (unpaired) electrons. The summed E-state index contributed by atoms with van der Waals surface area (Å²) in [6.45, 7) is 4.17. The Labute approximate surface area is 124 Å². The molecule has 3 nitrogen and oxygen atoms in total. The lowest BCUT2D eigenvalue weighted by Gasteiger charge is -2.14. The molecule has 0 unspecified atom stereocenters. The molecular weight excluding hydrogens is 260 g/mol. The van der Waals surface area contributed by atoms with Crippen LogP contribution in [0.1, 0.15) is 35.6 Å². The average molecular weight is 278 g/mol. The number of benzene rings is 1. The number of hydrogen-bond acceptors (Lipinski definition) is 2. The van der Waals surface area contributed by atoms with E-state index in [1.165, 1.54) is 11.1 Å². The summed E-state index contributed by atoms with van der Waals surface area (Å²) in [5.74, 6) is 0. The standard InChI is InChI=1S/C18H18N2O/c1-12-3-4-15(11-13(12)2)17-8-5-14(9-10-19)18(21)20(17)16-6-7-16/h3-5,8,11,16H,6-7,9H2,1-2H3. The molecular formula is C18H18N2O. The summed E-state index contributed by atoms with van der Waals surface area (Å²) >= 11 is 0. The summed E-state index contributed by atoms with van der Waals surface area (Å²) in [5, 5.41) is 8.84. The van der Waals surface area contributed by atoms with Crippen molar-refractivity contribution < 1.29 is 0 Å². The highest BCUT2D eigenvalue weighted by molar-refractivity contribution is 5.62. The molecule has 1 aliphatic rings. The molecule has 1 saturated carbocycles. The number of pyridine rings is 1. The van der Waals surface area contributed by atoms with Gasteiger partial charge in [0.25, 0.3) is 5.56 Å². The maximum Gasteiger partial charge on any atom is 0.255 e. The van der Waals surface area contributed by atoms with Gasteiger partial charge in [-0.2, -0.15) is 5.26 Å². The summed E-state index contributed by atoms with van der Waals surface area (Å²) in [4.78, 5) is 12.6. The number of aryl methyl sites for hydroxylation is 2. The van der Waals surface area contributed by atoms with Crippen molar-refractivity contribution in [3.63, 3.8) is 0 Å². The Morgan fingerprint density at radius 2 is 1.95 bits per heavy atom. The van der Waals surface area contributed by atoms with Gasteiger partial charge in [0.1, 0.15) is 0 Å². The van der Waals surface area contributed by atoms with Gasteiger partial charge in [-0.05, 0) is 55.5 Å². The molecule has 0 amide bonds. The smallest absolute Gasteiger partial charge is 0.255 e. The van der Waals surface area contributed by atoms with Crippen LogP contribution in [-0.2, 0) is 6.42 Å². The highest BCUT2D eigenvalue weighted by Crippen LogP contribution is 2.37. The zero-order valence-corrected chi connectivity index (χ0v) is 12.4. The third-order valence-electron chi connectivity index (χ3n) is 4.18. The zero-order chi connectivity index (χ0) is 15.0. The lowest BCUT2D eigenvalue weighted by atomic mass is 10.0. The summed E-state index contributed by atoms with van der Waals surface area (Å²) in [6.07, 6.45) is 2.28. The zero-order valence-electron chi connectivity index (χ0n) is 12.4. The van der Waals surface area contributed by atoms with E-state index in [0.717, 1.165) is 24.1 Å². The van der Waals surface area contributed by atoms with E-state index in [1.54, 1.807) is 6.07 Å². The topological polar surface area (TPSA) is 45.8 Å². The first-order chi connectivity index (χ1) is 10.1. The van der Waals surface area contributed by atoms with Crippen LogP contribution in [0.25, 0.3) is 11.3 Å². The lowest BCUT2D eigenvalue weighted by molar-refractivity contribution is 0.708. The fourth-order valence-electron chi connectivity index (χ4n) is 2.65. The fraction of sp³-hybridized carbons (Fsp3) is 0.333. The molecule has 1 fully saturated rings. The van der Waals surface area contributed by atoms with Crippen molar-refractivity contribution in [3.8, 4) is 17.3 Å². The Bertz CT molecular complexity index is 792. The van der Waals surface area contributed by atoms with Crippen LogP contribution in [0, 0.1) is 25.2 Å². The normalized spacial score (nSPS) is 14.0. The van der Waals surface area contributed by atoms with Crippen LogP contribution in [0.4, 0.5) is 0 Å². The molecule has 1 aliphatic carbocycles.